The standard InChI is InChI=1S/C16H22BrN3O2/c1-10(2)20-9-8-13(14(20)21)19-15(22)16(3,18)11-4-6-12(17)7-5-11/h4-7,10,13H,8-9,18H2,1-3H3,(H,19,22). The average Bonchev–Trinajstić information content (AvgIpc) is 2.80. The van der Waals surface area contributed by atoms with E-state index in [1.54, 1.807) is 24.0 Å². The number of likely N-dealkylation sites (tertiary alicyclic amines) is 1. The van der Waals surface area contributed by atoms with Crippen molar-refractivity contribution in [2.24, 2.45) is 5.73 Å². The Bertz CT molecular complexity index is 569. The highest BCUT2D eigenvalue weighted by Gasteiger charge is 2.38. The van der Waals surface area contributed by atoms with Gasteiger partial charge >= 0.3 is 0 Å². The number of nitrogens with two attached hydrogens (primary N) is 1. The fourth-order valence-electron chi connectivity index (χ4n) is 2.58. The Hall–Kier alpha value is -1.40. The number of benzene rings is 1. The molecule has 1 aromatic rings. The van der Waals surface area contributed by atoms with Gasteiger partial charge < -0.3 is 16.0 Å². The largest absolute Gasteiger partial charge is 0.342 e. The van der Waals surface area contributed by atoms with E-state index >= 15 is 0 Å². The first kappa shape index (κ1) is 17.0. The second-order valence-corrected chi connectivity index (χ2v) is 7.07. The Kier molecular flexibility index (Phi) is 4.92. The molecule has 2 atom stereocenters. The first-order valence-electron chi connectivity index (χ1n) is 7.40. The van der Waals surface area contributed by atoms with E-state index < -0.39 is 11.6 Å². The van der Waals surface area contributed by atoms with E-state index in [2.05, 4.69) is 21.2 Å². The number of halogens is 1. The van der Waals surface area contributed by atoms with E-state index in [0.29, 0.717) is 18.5 Å². The fourth-order valence-corrected chi connectivity index (χ4v) is 2.85. The molecule has 1 saturated heterocycles. The van der Waals surface area contributed by atoms with Crippen LogP contribution in [-0.4, -0.2) is 35.3 Å². The lowest BCUT2D eigenvalue weighted by Crippen LogP contribution is -2.53. The molecule has 2 unspecified atom stereocenters. The van der Waals surface area contributed by atoms with Crippen molar-refractivity contribution in [1.29, 1.82) is 0 Å². The van der Waals surface area contributed by atoms with E-state index in [-0.39, 0.29) is 17.9 Å². The summed E-state index contributed by atoms with van der Waals surface area (Å²) in [5, 5.41) is 2.80. The van der Waals surface area contributed by atoms with Gasteiger partial charge in [0.2, 0.25) is 11.8 Å². The second-order valence-electron chi connectivity index (χ2n) is 6.15. The minimum Gasteiger partial charge on any atom is -0.342 e. The summed E-state index contributed by atoms with van der Waals surface area (Å²) < 4.78 is 0.922. The summed E-state index contributed by atoms with van der Waals surface area (Å²) in [6.07, 6.45) is 0.624. The summed E-state index contributed by atoms with van der Waals surface area (Å²) in [6.45, 7) is 6.26. The van der Waals surface area contributed by atoms with Gasteiger partial charge in [-0.25, -0.2) is 0 Å². The van der Waals surface area contributed by atoms with Crippen molar-refractivity contribution in [2.75, 3.05) is 6.54 Å². The van der Waals surface area contributed by atoms with Crippen molar-refractivity contribution in [3.05, 3.63) is 34.3 Å². The van der Waals surface area contributed by atoms with Crippen LogP contribution in [0, 0.1) is 0 Å². The molecule has 0 saturated carbocycles. The first-order chi connectivity index (χ1) is 10.2. The first-order valence-corrected chi connectivity index (χ1v) is 8.19. The molecular weight excluding hydrogens is 346 g/mol. The highest BCUT2D eigenvalue weighted by Crippen LogP contribution is 2.22. The Balaban J connectivity index is 2.08. The summed E-state index contributed by atoms with van der Waals surface area (Å²) >= 11 is 3.36. The van der Waals surface area contributed by atoms with Gasteiger partial charge in [-0.05, 0) is 44.9 Å². The van der Waals surface area contributed by atoms with Crippen LogP contribution in [0.25, 0.3) is 0 Å². The van der Waals surface area contributed by atoms with Gasteiger partial charge in [0.1, 0.15) is 11.6 Å². The zero-order valence-corrected chi connectivity index (χ0v) is 14.7. The number of nitrogens with one attached hydrogen (secondary N) is 1. The molecular formula is C16H22BrN3O2. The van der Waals surface area contributed by atoms with Crippen LogP contribution in [-0.2, 0) is 15.1 Å². The number of carbonyl (C=O) groups is 2. The average molecular weight is 368 g/mol. The molecule has 22 heavy (non-hydrogen) atoms. The van der Waals surface area contributed by atoms with Crippen molar-refractivity contribution in [1.82, 2.24) is 10.2 Å². The van der Waals surface area contributed by atoms with Crippen molar-refractivity contribution in [2.45, 2.75) is 44.8 Å². The summed E-state index contributed by atoms with van der Waals surface area (Å²) in [5.41, 5.74) is 5.73. The molecule has 5 nitrogen and oxygen atoms in total. The van der Waals surface area contributed by atoms with E-state index in [4.69, 9.17) is 5.73 Å². The third-order valence-electron chi connectivity index (χ3n) is 4.08. The molecule has 2 rings (SSSR count). The van der Waals surface area contributed by atoms with Gasteiger partial charge in [0.05, 0.1) is 0 Å². The van der Waals surface area contributed by atoms with E-state index in [1.807, 2.05) is 26.0 Å². The van der Waals surface area contributed by atoms with Crippen LogP contribution in [0.1, 0.15) is 32.8 Å². The minimum absolute atomic E-state index is 0.0324. The topological polar surface area (TPSA) is 75.4 Å². The molecule has 0 bridgehead atoms. The molecule has 1 aromatic carbocycles. The van der Waals surface area contributed by atoms with Crippen LogP contribution >= 0.6 is 15.9 Å². The smallest absolute Gasteiger partial charge is 0.245 e. The highest BCUT2D eigenvalue weighted by molar-refractivity contribution is 9.10. The summed E-state index contributed by atoms with van der Waals surface area (Å²) in [7, 11) is 0. The van der Waals surface area contributed by atoms with Crippen LogP contribution in [0.2, 0.25) is 0 Å². The third-order valence-corrected chi connectivity index (χ3v) is 4.61. The van der Waals surface area contributed by atoms with Crippen molar-refractivity contribution in [3.63, 3.8) is 0 Å². The van der Waals surface area contributed by atoms with Gasteiger partial charge in [-0.15, -0.1) is 0 Å². The number of rotatable bonds is 4. The second kappa shape index (κ2) is 6.38. The summed E-state index contributed by atoms with van der Waals surface area (Å²) in [5.74, 6) is -0.367. The molecule has 3 N–H and O–H groups in total. The Labute approximate surface area is 139 Å². The van der Waals surface area contributed by atoms with E-state index in [9.17, 15) is 9.59 Å². The SMILES string of the molecule is CC(C)N1CCC(NC(=O)C(C)(N)c2ccc(Br)cc2)C1=O. The van der Waals surface area contributed by atoms with Crippen LogP contribution in [0.3, 0.4) is 0 Å². The van der Waals surface area contributed by atoms with Gasteiger partial charge in [-0.1, -0.05) is 28.1 Å². The maximum Gasteiger partial charge on any atom is 0.245 e. The van der Waals surface area contributed by atoms with Crippen LogP contribution in [0.4, 0.5) is 0 Å². The number of nitrogens with zero attached hydrogens (tertiary/aromatic N) is 1. The highest BCUT2D eigenvalue weighted by atomic mass is 79.9. The zero-order chi connectivity index (χ0) is 16.5. The van der Waals surface area contributed by atoms with Gasteiger partial charge in [0.15, 0.2) is 0 Å². The van der Waals surface area contributed by atoms with Crippen LogP contribution in [0.15, 0.2) is 28.7 Å². The van der Waals surface area contributed by atoms with Gasteiger partial charge in [-0.3, -0.25) is 9.59 Å². The molecule has 1 aliphatic rings. The number of carbonyl (C=O) groups excluding carboxylic acids is 2. The molecule has 0 spiro atoms. The fraction of sp³-hybridized carbons (Fsp3) is 0.500. The molecule has 1 aliphatic heterocycles. The normalized spacial score (nSPS) is 21.1. The van der Waals surface area contributed by atoms with Crippen LogP contribution in [0.5, 0.6) is 0 Å². The maximum absolute atomic E-state index is 12.5. The summed E-state index contributed by atoms with van der Waals surface area (Å²) in [4.78, 5) is 26.5. The molecule has 0 radical (unpaired) electrons. The Morgan fingerprint density at radius 3 is 2.50 bits per heavy atom. The van der Waals surface area contributed by atoms with Gasteiger partial charge in [0.25, 0.3) is 0 Å². The molecule has 1 heterocycles. The third kappa shape index (κ3) is 3.33. The van der Waals surface area contributed by atoms with Crippen molar-refractivity contribution < 1.29 is 9.59 Å². The van der Waals surface area contributed by atoms with Gasteiger partial charge in [0, 0.05) is 17.1 Å². The molecule has 0 aromatic heterocycles. The van der Waals surface area contributed by atoms with E-state index in [1.165, 1.54) is 0 Å². The lowest BCUT2D eigenvalue weighted by Gasteiger charge is -2.26. The van der Waals surface area contributed by atoms with Crippen molar-refractivity contribution in [3.8, 4) is 0 Å². The predicted octanol–water partition coefficient (Wildman–Crippen LogP) is 1.75. The number of amides is 2. The Morgan fingerprint density at radius 1 is 1.41 bits per heavy atom. The molecule has 120 valence electrons. The number of hydrogen-bond acceptors (Lipinski definition) is 3. The Morgan fingerprint density at radius 2 is 2.00 bits per heavy atom. The zero-order valence-electron chi connectivity index (χ0n) is 13.1. The maximum atomic E-state index is 12.5. The number of hydrogen-bond donors (Lipinski definition) is 2. The summed E-state index contributed by atoms with van der Waals surface area (Å²) in [6, 6.07) is 6.96. The molecule has 0 aliphatic carbocycles. The molecule has 6 heteroatoms. The van der Waals surface area contributed by atoms with E-state index in [0.717, 1.165) is 4.47 Å². The monoisotopic (exact) mass is 367 g/mol. The molecule has 2 amide bonds. The quantitative estimate of drug-likeness (QED) is 0.850. The van der Waals surface area contributed by atoms with Gasteiger partial charge in [-0.2, -0.15) is 0 Å². The van der Waals surface area contributed by atoms with Crippen LogP contribution < -0.4 is 11.1 Å². The molecule has 1 fully saturated rings. The predicted molar refractivity (Wildman–Crippen MR) is 89.1 cm³/mol. The lowest BCUT2D eigenvalue weighted by atomic mass is 9.92. The lowest BCUT2D eigenvalue weighted by molar-refractivity contribution is -0.135. The minimum atomic E-state index is -1.17. The van der Waals surface area contributed by atoms with Crippen molar-refractivity contribution >= 4 is 27.7 Å².